The number of aromatic nitrogens is 9. The number of benzene rings is 7. The van der Waals surface area contributed by atoms with Crippen molar-refractivity contribution in [1.82, 2.24) is 45.0 Å². The summed E-state index contributed by atoms with van der Waals surface area (Å²) in [4.78, 5) is 7.07. The molecule has 3 aromatic heterocycles. The van der Waals surface area contributed by atoms with Crippen LogP contribution >= 0.6 is 0 Å². The van der Waals surface area contributed by atoms with E-state index in [0.29, 0.717) is 0 Å². The molecule has 10 nitrogen and oxygen atoms in total. The van der Waals surface area contributed by atoms with Crippen molar-refractivity contribution in [2.45, 2.75) is 19.3 Å². The van der Waals surface area contributed by atoms with Gasteiger partial charge in [0.15, 0.2) is 0 Å². The van der Waals surface area contributed by atoms with E-state index in [-0.39, 0.29) is 5.41 Å². The van der Waals surface area contributed by atoms with Crippen molar-refractivity contribution < 1.29 is 0 Å². The maximum atomic E-state index is 5.03. The van der Waals surface area contributed by atoms with Gasteiger partial charge < -0.3 is 4.90 Å². The summed E-state index contributed by atoms with van der Waals surface area (Å²) in [6, 6.07) is 49.3. The second-order valence-corrected chi connectivity index (χ2v) is 15.5. The highest BCUT2D eigenvalue weighted by atomic mass is 15.5. The summed E-state index contributed by atoms with van der Waals surface area (Å²) in [5.41, 5.74) is 19.0. The molecule has 0 bridgehead atoms. The van der Waals surface area contributed by atoms with Crippen molar-refractivity contribution in [3.8, 4) is 44.5 Å². The molecule has 1 aliphatic carbocycles. The van der Waals surface area contributed by atoms with E-state index in [4.69, 9.17) is 25.5 Å². The fraction of sp³-hybridized carbons (Fsp3) is 0.125. The predicted molar refractivity (Wildman–Crippen MR) is 231 cm³/mol. The van der Waals surface area contributed by atoms with E-state index in [1.807, 2.05) is 51.5 Å². The molecule has 10 heteroatoms. The number of hydrogen-bond donors (Lipinski definition) is 0. The Morgan fingerprint density at radius 2 is 0.862 bits per heavy atom. The number of rotatable bonds is 6. The van der Waals surface area contributed by atoms with Gasteiger partial charge in [-0.1, -0.05) is 117 Å². The average Bonchev–Trinajstić information content (AvgIpc) is 4.00. The van der Waals surface area contributed by atoms with Gasteiger partial charge in [-0.3, -0.25) is 0 Å². The summed E-state index contributed by atoms with van der Waals surface area (Å²) in [7, 11) is 5.57. The van der Waals surface area contributed by atoms with Crippen molar-refractivity contribution in [1.29, 1.82) is 0 Å². The normalized spacial score (nSPS) is 13.1. The maximum Gasteiger partial charge on any atom is 0.137 e. The summed E-state index contributed by atoms with van der Waals surface area (Å²) < 4.78 is 0. The number of aryl methyl sites for hydroxylation is 3. The Balaban J connectivity index is 1.08. The van der Waals surface area contributed by atoms with Crippen molar-refractivity contribution in [3.63, 3.8) is 0 Å². The minimum Gasteiger partial charge on any atom is -0.304 e. The lowest BCUT2D eigenvalue weighted by atomic mass is 9.82. The fourth-order valence-electron chi connectivity index (χ4n) is 9.03. The Hall–Kier alpha value is -7.46. The van der Waals surface area contributed by atoms with Gasteiger partial charge in [0.2, 0.25) is 0 Å². The van der Waals surface area contributed by atoms with Gasteiger partial charge in [-0.25, -0.2) is 0 Å². The molecule has 0 saturated carbocycles. The Morgan fingerprint density at radius 1 is 0.379 bits per heavy atom. The smallest absolute Gasteiger partial charge is 0.137 e. The molecule has 7 aromatic carbocycles. The molecule has 0 saturated heterocycles. The summed E-state index contributed by atoms with van der Waals surface area (Å²) in [5.74, 6) is 0. The van der Waals surface area contributed by atoms with Crippen molar-refractivity contribution in [3.05, 3.63) is 151 Å². The summed E-state index contributed by atoms with van der Waals surface area (Å²) in [6.45, 7) is 4.65. The van der Waals surface area contributed by atoms with E-state index in [9.17, 15) is 0 Å². The second kappa shape index (κ2) is 12.5. The van der Waals surface area contributed by atoms with Crippen LogP contribution in [0.5, 0.6) is 0 Å². The molecule has 10 aromatic rings. The van der Waals surface area contributed by atoms with Crippen LogP contribution in [-0.2, 0) is 26.6 Å². The Kier molecular flexibility index (Phi) is 7.31. The Labute approximate surface area is 334 Å². The Bertz CT molecular complexity index is 3240. The quantitative estimate of drug-likeness (QED) is 0.167. The number of nitrogens with zero attached hydrogens (tertiary/aromatic N) is 10. The number of hydrogen-bond acceptors (Lipinski definition) is 7. The molecule has 3 heterocycles. The SMILES string of the molecule is Cn1nc2cccc(N(c3ccc(-c4ccccc4)c4nn(C)nc34)c3ccc(-c4ccc(-c5cccc6c5-c5ccccc5C6(C)C)cc4)c4nn(C)nc34)c2n1. The van der Waals surface area contributed by atoms with E-state index in [2.05, 4.69) is 133 Å². The lowest BCUT2D eigenvalue weighted by Gasteiger charge is -2.26. The molecule has 280 valence electrons. The summed E-state index contributed by atoms with van der Waals surface area (Å²) >= 11 is 0. The average molecular weight is 755 g/mol. The first-order valence-corrected chi connectivity index (χ1v) is 19.4. The van der Waals surface area contributed by atoms with Crippen LogP contribution in [0, 0.1) is 0 Å². The molecule has 0 radical (unpaired) electrons. The zero-order chi connectivity index (χ0) is 39.3. The maximum absolute atomic E-state index is 5.03. The molecule has 0 unspecified atom stereocenters. The van der Waals surface area contributed by atoms with E-state index in [0.717, 1.165) is 72.4 Å². The van der Waals surface area contributed by atoms with Gasteiger partial charge in [-0.2, -0.15) is 45.0 Å². The van der Waals surface area contributed by atoms with Crippen LogP contribution in [0.25, 0.3) is 77.6 Å². The summed E-state index contributed by atoms with van der Waals surface area (Å²) in [6.07, 6.45) is 0. The molecular weight excluding hydrogens is 717 g/mol. The van der Waals surface area contributed by atoms with Crippen LogP contribution in [0.15, 0.2) is 140 Å². The number of fused-ring (bicyclic) bond motifs is 6. The lowest BCUT2D eigenvalue weighted by Crippen LogP contribution is -2.14. The van der Waals surface area contributed by atoms with Crippen molar-refractivity contribution >= 4 is 50.2 Å². The molecule has 0 N–H and O–H groups in total. The molecule has 0 fully saturated rings. The van der Waals surface area contributed by atoms with Crippen molar-refractivity contribution in [2.24, 2.45) is 21.1 Å². The highest BCUT2D eigenvalue weighted by molar-refractivity contribution is 6.09. The van der Waals surface area contributed by atoms with Gasteiger partial charge in [-0.15, -0.1) is 0 Å². The van der Waals surface area contributed by atoms with E-state index in [1.54, 1.807) is 14.4 Å². The molecule has 0 aliphatic heterocycles. The van der Waals surface area contributed by atoms with E-state index >= 15 is 0 Å². The van der Waals surface area contributed by atoms with Gasteiger partial charge in [0.1, 0.15) is 33.1 Å². The van der Waals surface area contributed by atoms with Crippen LogP contribution in [0.3, 0.4) is 0 Å². The van der Waals surface area contributed by atoms with Crippen LogP contribution in [0.1, 0.15) is 25.0 Å². The first-order valence-electron chi connectivity index (χ1n) is 19.4. The van der Waals surface area contributed by atoms with Crippen LogP contribution in [0.4, 0.5) is 17.1 Å². The zero-order valence-electron chi connectivity index (χ0n) is 32.8. The summed E-state index contributed by atoms with van der Waals surface area (Å²) in [5, 5.41) is 29.4. The van der Waals surface area contributed by atoms with Crippen LogP contribution in [0.2, 0.25) is 0 Å². The van der Waals surface area contributed by atoms with Gasteiger partial charge in [-0.05, 0) is 80.9 Å². The molecule has 0 atom stereocenters. The predicted octanol–water partition coefficient (Wildman–Crippen LogP) is 10.3. The molecular formula is C48H38N10. The van der Waals surface area contributed by atoms with Crippen LogP contribution in [-0.4, -0.2) is 45.0 Å². The molecule has 0 amide bonds. The fourth-order valence-corrected chi connectivity index (χ4v) is 9.03. The van der Waals surface area contributed by atoms with Gasteiger partial charge in [0, 0.05) is 37.7 Å². The molecule has 0 spiro atoms. The topological polar surface area (TPSA) is 95.4 Å². The lowest BCUT2D eigenvalue weighted by molar-refractivity contribution is 0.660. The minimum atomic E-state index is -0.0590. The minimum absolute atomic E-state index is 0.0590. The van der Waals surface area contributed by atoms with E-state index < -0.39 is 0 Å². The van der Waals surface area contributed by atoms with Crippen LogP contribution < -0.4 is 4.90 Å². The Morgan fingerprint density at radius 3 is 1.53 bits per heavy atom. The van der Waals surface area contributed by atoms with Gasteiger partial charge in [0.25, 0.3) is 0 Å². The van der Waals surface area contributed by atoms with Crippen molar-refractivity contribution in [2.75, 3.05) is 4.90 Å². The highest BCUT2D eigenvalue weighted by Gasteiger charge is 2.36. The standard InChI is InChI=1S/C48H38N10/c1-48(2)36-17-10-9-15-35(36)42-32(16-11-18-37(42)48)30-21-23-31(24-22-30)34-26-28-41(47-44(34)51-57(5)54-47)58(39-20-12-19-38-45(39)52-55(3)49-38)40-27-25-33(29-13-7-6-8-14-29)43-46(40)53-56(4)50-43/h6-28H,1-5H3. The highest BCUT2D eigenvalue weighted by Crippen LogP contribution is 2.52. The first kappa shape index (κ1) is 33.8. The largest absolute Gasteiger partial charge is 0.304 e. The third-order valence-corrected chi connectivity index (χ3v) is 11.7. The molecule has 58 heavy (non-hydrogen) atoms. The monoisotopic (exact) mass is 754 g/mol. The first-order chi connectivity index (χ1) is 28.2. The third-order valence-electron chi connectivity index (χ3n) is 11.7. The zero-order valence-corrected chi connectivity index (χ0v) is 32.8. The second-order valence-electron chi connectivity index (χ2n) is 15.5. The molecule has 11 rings (SSSR count). The molecule has 1 aliphatic rings. The van der Waals surface area contributed by atoms with E-state index in [1.165, 1.54) is 33.4 Å². The van der Waals surface area contributed by atoms with Gasteiger partial charge >= 0.3 is 0 Å². The van der Waals surface area contributed by atoms with Gasteiger partial charge in [0.05, 0.1) is 17.1 Å². The number of anilines is 3. The third kappa shape index (κ3) is 5.04.